The van der Waals surface area contributed by atoms with Crippen LogP contribution < -0.4 is 5.32 Å². The number of carbonyl (C=O) groups excluding carboxylic acids is 1. The predicted molar refractivity (Wildman–Crippen MR) is 78.5 cm³/mol. The van der Waals surface area contributed by atoms with E-state index in [-0.39, 0.29) is 10.7 Å². The van der Waals surface area contributed by atoms with Crippen LogP contribution in [0.5, 0.6) is 0 Å². The average Bonchev–Trinajstić information content (AvgIpc) is 2.22. The summed E-state index contributed by atoms with van der Waals surface area (Å²) in [5, 5.41) is 2.85. The molecule has 1 unspecified atom stereocenters. The van der Waals surface area contributed by atoms with Crippen molar-refractivity contribution in [3.8, 4) is 0 Å². The molecule has 0 saturated heterocycles. The van der Waals surface area contributed by atoms with E-state index in [4.69, 9.17) is 0 Å². The van der Waals surface area contributed by atoms with Crippen molar-refractivity contribution in [3.05, 3.63) is 26.2 Å². The zero-order valence-electron chi connectivity index (χ0n) is 8.06. The van der Waals surface area contributed by atoms with E-state index < -0.39 is 0 Å². The second-order valence-electron chi connectivity index (χ2n) is 2.99. The van der Waals surface area contributed by atoms with Gasteiger partial charge in [-0.1, -0.05) is 22.9 Å². The van der Waals surface area contributed by atoms with Gasteiger partial charge in [-0.15, -0.1) is 0 Å². The molecular weight excluding hydrogens is 437 g/mol. The maximum atomic E-state index is 11.6. The summed E-state index contributed by atoms with van der Waals surface area (Å²) < 4.78 is 2.11. The summed E-state index contributed by atoms with van der Waals surface area (Å²) in [4.78, 5) is 11.4. The minimum atomic E-state index is -0.126. The zero-order chi connectivity index (χ0) is 11.4. The van der Waals surface area contributed by atoms with E-state index >= 15 is 0 Å². The summed E-state index contributed by atoms with van der Waals surface area (Å²) in [5.74, 6) is -0.00405. The average molecular weight is 447 g/mol. The van der Waals surface area contributed by atoms with Crippen LogP contribution in [0.4, 0.5) is 5.69 Å². The molecule has 0 spiro atoms. The lowest BCUT2D eigenvalue weighted by Crippen LogP contribution is -2.21. The summed E-state index contributed by atoms with van der Waals surface area (Å²) in [5.41, 5.74) is 0.825. The Labute approximate surface area is 120 Å². The highest BCUT2D eigenvalue weighted by atomic mass is 127. The predicted octanol–water partition coefficient (Wildman–Crippen LogP) is 4.17. The first-order valence-corrected chi connectivity index (χ1v) is 7.23. The lowest BCUT2D eigenvalue weighted by atomic mass is 10.3. The fraction of sp³-hybridized carbons (Fsp3) is 0.300. The molecule has 0 saturated carbocycles. The van der Waals surface area contributed by atoms with Gasteiger partial charge in [0.1, 0.15) is 0 Å². The van der Waals surface area contributed by atoms with Gasteiger partial charge in [-0.3, -0.25) is 4.79 Å². The first kappa shape index (κ1) is 13.4. The SMILES string of the molecule is CCC(Br)C(=O)Nc1ccc(Br)c(I)c1. The van der Waals surface area contributed by atoms with E-state index in [9.17, 15) is 4.79 Å². The number of hydrogen-bond acceptors (Lipinski definition) is 1. The number of halogens is 3. The van der Waals surface area contributed by atoms with Crippen LogP contribution in [0.25, 0.3) is 0 Å². The Balaban J connectivity index is 2.73. The molecule has 1 aromatic carbocycles. The van der Waals surface area contributed by atoms with Crippen molar-refractivity contribution in [2.24, 2.45) is 0 Å². The number of alkyl halides is 1. The van der Waals surface area contributed by atoms with Crippen LogP contribution in [0.3, 0.4) is 0 Å². The highest BCUT2D eigenvalue weighted by Crippen LogP contribution is 2.23. The highest BCUT2D eigenvalue weighted by Gasteiger charge is 2.12. The van der Waals surface area contributed by atoms with Crippen LogP contribution in [0.2, 0.25) is 0 Å². The Kier molecular flexibility index (Phi) is 5.56. The number of benzene rings is 1. The van der Waals surface area contributed by atoms with Gasteiger partial charge < -0.3 is 5.32 Å². The molecule has 0 aliphatic rings. The normalized spacial score (nSPS) is 12.3. The third kappa shape index (κ3) is 4.03. The molecule has 0 heterocycles. The summed E-state index contributed by atoms with van der Waals surface area (Å²) in [6, 6.07) is 5.73. The number of rotatable bonds is 3. The van der Waals surface area contributed by atoms with Gasteiger partial charge in [0.2, 0.25) is 5.91 Å². The largest absolute Gasteiger partial charge is 0.325 e. The summed E-state index contributed by atoms with van der Waals surface area (Å²) in [7, 11) is 0. The maximum absolute atomic E-state index is 11.6. The number of hydrogen-bond donors (Lipinski definition) is 1. The Hall–Kier alpha value is 0.380. The Morgan fingerprint density at radius 1 is 1.60 bits per heavy atom. The van der Waals surface area contributed by atoms with Crippen molar-refractivity contribution in [1.82, 2.24) is 0 Å². The molecule has 2 nitrogen and oxygen atoms in total. The molecule has 1 N–H and O–H groups in total. The van der Waals surface area contributed by atoms with Gasteiger partial charge >= 0.3 is 0 Å². The van der Waals surface area contributed by atoms with Crippen LogP contribution in [0.15, 0.2) is 22.7 Å². The van der Waals surface area contributed by atoms with E-state index in [1.54, 1.807) is 0 Å². The molecule has 0 radical (unpaired) electrons. The molecule has 0 aromatic heterocycles. The van der Waals surface area contributed by atoms with Gasteiger partial charge in [0.15, 0.2) is 0 Å². The standard InChI is InChI=1S/C10H10Br2INO/c1-2-7(11)10(15)14-6-3-4-8(12)9(13)5-6/h3-5,7H,2H2,1H3,(H,14,15). The Morgan fingerprint density at radius 3 is 2.80 bits per heavy atom. The number of nitrogens with one attached hydrogen (secondary N) is 1. The molecule has 15 heavy (non-hydrogen) atoms. The van der Waals surface area contributed by atoms with Crippen LogP contribution in [0, 0.1) is 3.57 Å². The molecular formula is C10H10Br2INO. The molecule has 1 amide bonds. The molecule has 1 rings (SSSR count). The zero-order valence-corrected chi connectivity index (χ0v) is 13.4. The Bertz CT molecular complexity index is 370. The van der Waals surface area contributed by atoms with E-state index in [1.807, 2.05) is 25.1 Å². The smallest absolute Gasteiger partial charge is 0.238 e. The van der Waals surface area contributed by atoms with E-state index in [2.05, 4.69) is 59.8 Å². The summed E-state index contributed by atoms with van der Waals surface area (Å²) in [6.07, 6.45) is 0.777. The summed E-state index contributed by atoms with van der Waals surface area (Å²) >= 11 is 8.93. The van der Waals surface area contributed by atoms with Crippen molar-refractivity contribution >= 4 is 66.0 Å². The van der Waals surface area contributed by atoms with Crippen LogP contribution in [-0.4, -0.2) is 10.7 Å². The van der Waals surface area contributed by atoms with E-state index in [0.717, 1.165) is 20.2 Å². The molecule has 0 aliphatic carbocycles. The fourth-order valence-electron chi connectivity index (χ4n) is 0.980. The monoisotopic (exact) mass is 445 g/mol. The summed E-state index contributed by atoms with van der Waals surface area (Å²) in [6.45, 7) is 1.96. The molecule has 0 aliphatic heterocycles. The number of anilines is 1. The van der Waals surface area contributed by atoms with Crippen LogP contribution in [0.1, 0.15) is 13.3 Å². The van der Waals surface area contributed by atoms with Gasteiger partial charge in [0.05, 0.1) is 4.83 Å². The molecule has 0 fully saturated rings. The molecule has 5 heteroatoms. The van der Waals surface area contributed by atoms with Gasteiger partial charge in [-0.05, 0) is 63.1 Å². The first-order valence-electron chi connectivity index (χ1n) is 4.44. The molecule has 1 atom stereocenters. The number of amides is 1. The fourth-order valence-corrected chi connectivity index (χ4v) is 1.86. The second-order valence-corrected chi connectivity index (χ2v) is 6.12. The minimum Gasteiger partial charge on any atom is -0.325 e. The van der Waals surface area contributed by atoms with Gasteiger partial charge in [-0.25, -0.2) is 0 Å². The topological polar surface area (TPSA) is 29.1 Å². The molecule has 0 bridgehead atoms. The van der Waals surface area contributed by atoms with Gasteiger partial charge in [0, 0.05) is 13.7 Å². The highest BCUT2D eigenvalue weighted by molar-refractivity contribution is 14.1. The maximum Gasteiger partial charge on any atom is 0.238 e. The molecule has 1 aromatic rings. The van der Waals surface area contributed by atoms with Crippen molar-refractivity contribution in [1.29, 1.82) is 0 Å². The third-order valence-electron chi connectivity index (χ3n) is 1.83. The van der Waals surface area contributed by atoms with Crippen molar-refractivity contribution in [2.45, 2.75) is 18.2 Å². The second kappa shape index (κ2) is 6.20. The van der Waals surface area contributed by atoms with Crippen molar-refractivity contribution in [3.63, 3.8) is 0 Å². The first-order chi connectivity index (χ1) is 7.04. The minimum absolute atomic E-state index is 0.00405. The number of carbonyl (C=O) groups is 1. The Morgan fingerprint density at radius 2 is 2.27 bits per heavy atom. The van der Waals surface area contributed by atoms with Crippen LogP contribution in [-0.2, 0) is 4.79 Å². The third-order valence-corrected chi connectivity index (χ3v) is 5.22. The molecule has 82 valence electrons. The lowest BCUT2D eigenvalue weighted by Gasteiger charge is -2.09. The quantitative estimate of drug-likeness (QED) is 0.548. The van der Waals surface area contributed by atoms with Crippen molar-refractivity contribution < 1.29 is 4.79 Å². The van der Waals surface area contributed by atoms with Gasteiger partial charge in [-0.2, -0.15) is 0 Å². The van der Waals surface area contributed by atoms with E-state index in [1.165, 1.54) is 0 Å². The lowest BCUT2D eigenvalue weighted by molar-refractivity contribution is -0.115. The van der Waals surface area contributed by atoms with Crippen molar-refractivity contribution in [2.75, 3.05) is 5.32 Å². The van der Waals surface area contributed by atoms with E-state index in [0.29, 0.717) is 0 Å². The van der Waals surface area contributed by atoms with Crippen LogP contribution >= 0.6 is 54.5 Å². The van der Waals surface area contributed by atoms with Gasteiger partial charge in [0.25, 0.3) is 0 Å².